The van der Waals surface area contributed by atoms with Gasteiger partial charge in [0.1, 0.15) is 5.75 Å². The fourth-order valence-corrected chi connectivity index (χ4v) is 7.84. The van der Waals surface area contributed by atoms with E-state index < -0.39 is 6.29 Å². The smallest absolute Gasteiger partial charge is 0.224 e. The summed E-state index contributed by atoms with van der Waals surface area (Å²) in [6.45, 7) is 4.35. The van der Waals surface area contributed by atoms with Crippen molar-refractivity contribution >= 4 is 23.4 Å². The predicted molar refractivity (Wildman–Crippen MR) is 210 cm³/mol. The van der Waals surface area contributed by atoms with E-state index in [1.165, 1.54) is 82.4 Å². The van der Waals surface area contributed by atoms with Crippen molar-refractivity contribution in [2.24, 2.45) is 5.92 Å². The summed E-state index contributed by atoms with van der Waals surface area (Å²) in [5, 5.41) is 35.3. The average molecular weight is 744 g/mol. The van der Waals surface area contributed by atoms with E-state index in [2.05, 4.69) is 34.7 Å². The Morgan fingerprint density at radius 2 is 1.49 bits per heavy atom. The molecule has 5 rings (SSSR count). The lowest BCUT2D eigenvalue weighted by Crippen LogP contribution is -2.38. The third-order valence-electron chi connectivity index (χ3n) is 9.99. The van der Waals surface area contributed by atoms with Gasteiger partial charge >= 0.3 is 0 Å². The number of tetrazole rings is 1. The van der Waals surface area contributed by atoms with Crippen LogP contribution in [0.2, 0.25) is 0 Å². The highest BCUT2D eigenvalue weighted by atomic mass is 32.2. The lowest BCUT2D eigenvalue weighted by molar-refractivity contribution is -0.268. The Labute approximate surface area is 319 Å². The normalized spacial score (nSPS) is 18.6. The van der Waals surface area contributed by atoms with E-state index in [-0.39, 0.29) is 36.4 Å². The van der Waals surface area contributed by atoms with Crippen LogP contribution in [0, 0.1) is 5.92 Å². The van der Waals surface area contributed by atoms with Crippen molar-refractivity contribution in [1.29, 1.82) is 0 Å². The second kappa shape index (κ2) is 21.8. The first-order valence-corrected chi connectivity index (χ1v) is 20.5. The maximum atomic E-state index is 12.9. The molecule has 10 nitrogen and oxygen atoms in total. The van der Waals surface area contributed by atoms with Crippen LogP contribution in [0.3, 0.4) is 0 Å². The zero-order chi connectivity index (χ0) is 37.3. The standard InChI is InChI=1S/C42H57N5O5S/c1-3-4-5-6-7-8-9-10-11-12-13-14-15-19-39(50)43-35-18-16-17-34(28-35)41-51-38(31(2)40(52-41)33-22-20-32(29-48)21-23-33)30-53-42-44-45-46-47(42)36-24-26-37(49)27-25-36/h16-18,20-28,31,38,40-41,48-49H,3-15,19,29-30H2,1-2H3,(H,43,50)/t31-,38+,40+,41?/m0/s1. The number of aromatic hydroxyl groups is 1. The molecule has 0 saturated carbocycles. The molecule has 1 aliphatic rings. The molecule has 4 aromatic rings. The summed E-state index contributed by atoms with van der Waals surface area (Å²) in [7, 11) is 0. The van der Waals surface area contributed by atoms with Crippen LogP contribution < -0.4 is 5.32 Å². The third-order valence-corrected chi connectivity index (χ3v) is 11.0. The number of hydrogen-bond acceptors (Lipinski definition) is 9. The second-order valence-electron chi connectivity index (χ2n) is 14.2. The van der Waals surface area contributed by atoms with Crippen LogP contribution in [0.1, 0.15) is 133 Å². The van der Waals surface area contributed by atoms with E-state index in [4.69, 9.17) is 9.47 Å². The molecule has 11 heteroatoms. The van der Waals surface area contributed by atoms with Crippen molar-refractivity contribution in [3.8, 4) is 11.4 Å². The number of anilines is 1. The van der Waals surface area contributed by atoms with E-state index in [1.807, 2.05) is 48.5 Å². The lowest BCUT2D eigenvalue weighted by atomic mass is 9.91. The summed E-state index contributed by atoms with van der Waals surface area (Å²) in [4.78, 5) is 12.9. The summed E-state index contributed by atoms with van der Waals surface area (Å²) in [6, 6.07) is 22.3. The highest BCUT2D eigenvalue weighted by Gasteiger charge is 2.38. The van der Waals surface area contributed by atoms with Gasteiger partial charge in [0.2, 0.25) is 11.1 Å². The molecule has 0 bridgehead atoms. The summed E-state index contributed by atoms with van der Waals surface area (Å²) < 4.78 is 14.9. The van der Waals surface area contributed by atoms with Gasteiger partial charge in [-0.15, -0.1) is 5.10 Å². The predicted octanol–water partition coefficient (Wildman–Crippen LogP) is 9.86. The van der Waals surface area contributed by atoms with Crippen LogP contribution in [0.4, 0.5) is 5.69 Å². The number of carbonyl (C=O) groups is 1. The molecular weight excluding hydrogens is 687 g/mol. The maximum Gasteiger partial charge on any atom is 0.224 e. The molecule has 2 heterocycles. The van der Waals surface area contributed by atoms with E-state index in [0.717, 1.165) is 40.9 Å². The lowest BCUT2D eigenvalue weighted by Gasteiger charge is -2.41. The van der Waals surface area contributed by atoms with Crippen molar-refractivity contribution < 1.29 is 24.5 Å². The van der Waals surface area contributed by atoms with Gasteiger partial charge in [0, 0.05) is 29.3 Å². The van der Waals surface area contributed by atoms with Crippen LogP contribution in [0.15, 0.2) is 78.0 Å². The quantitative estimate of drug-likeness (QED) is 0.0532. The average Bonchev–Trinajstić information content (AvgIpc) is 3.65. The summed E-state index contributed by atoms with van der Waals surface area (Å²) in [5.74, 6) is 0.718. The minimum Gasteiger partial charge on any atom is -0.508 e. The molecule has 0 spiro atoms. The van der Waals surface area contributed by atoms with E-state index in [1.54, 1.807) is 28.9 Å². The van der Waals surface area contributed by atoms with Gasteiger partial charge in [0.25, 0.3) is 0 Å². The Bertz CT molecular complexity index is 1650. The Kier molecular flexibility index (Phi) is 16.6. The van der Waals surface area contributed by atoms with Gasteiger partial charge in [-0.1, -0.05) is 139 Å². The largest absolute Gasteiger partial charge is 0.508 e. The van der Waals surface area contributed by atoms with Crippen molar-refractivity contribution in [3.63, 3.8) is 0 Å². The molecule has 3 N–H and O–H groups in total. The first-order chi connectivity index (χ1) is 25.9. The molecule has 1 amide bonds. The van der Waals surface area contributed by atoms with Crippen molar-refractivity contribution in [1.82, 2.24) is 20.2 Å². The number of rotatable bonds is 22. The molecule has 53 heavy (non-hydrogen) atoms. The number of phenolic OH excluding ortho intramolecular Hbond substituents is 1. The maximum absolute atomic E-state index is 12.9. The topological polar surface area (TPSA) is 132 Å². The molecule has 1 aromatic heterocycles. The highest BCUT2D eigenvalue weighted by Crippen LogP contribution is 2.43. The molecule has 1 unspecified atom stereocenters. The molecule has 4 atom stereocenters. The van der Waals surface area contributed by atoms with Crippen LogP contribution in [-0.4, -0.2) is 48.2 Å². The van der Waals surface area contributed by atoms with Gasteiger partial charge in [0.15, 0.2) is 6.29 Å². The molecule has 1 fully saturated rings. The number of aromatic nitrogens is 4. The highest BCUT2D eigenvalue weighted by molar-refractivity contribution is 7.99. The monoisotopic (exact) mass is 743 g/mol. The minimum atomic E-state index is -0.676. The van der Waals surface area contributed by atoms with E-state index in [9.17, 15) is 15.0 Å². The van der Waals surface area contributed by atoms with Crippen LogP contribution >= 0.6 is 11.8 Å². The van der Waals surface area contributed by atoms with Gasteiger partial charge in [-0.25, -0.2) is 0 Å². The second-order valence-corrected chi connectivity index (χ2v) is 15.2. The zero-order valence-corrected chi connectivity index (χ0v) is 32.2. The van der Waals surface area contributed by atoms with E-state index in [0.29, 0.717) is 17.3 Å². The molecule has 3 aromatic carbocycles. The Hall–Kier alpha value is -3.77. The third kappa shape index (κ3) is 12.7. The number of thioether (sulfide) groups is 1. The first kappa shape index (κ1) is 40.4. The van der Waals surface area contributed by atoms with E-state index >= 15 is 0 Å². The summed E-state index contributed by atoms with van der Waals surface area (Å²) in [5.41, 5.74) is 4.10. The van der Waals surface area contributed by atoms with Crippen LogP contribution in [-0.2, 0) is 20.9 Å². The zero-order valence-electron chi connectivity index (χ0n) is 31.4. The van der Waals surface area contributed by atoms with Gasteiger partial charge in [-0.3, -0.25) is 4.79 Å². The SMILES string of the molecule is CCCCCCCCCCCCCCCC(=O)Nc1cccc(C2O[C@H](CSc3nnnn3-c3ccc(O)cc3)[C@H](C)[C@H](c3ccc(CO)cc3)O2)c1. The molecule has 0 radical (unpaired) electrons. The molecule has 1 aliphatic heterocycles. The number of nitrogens with one attached hydrogen (secondary N) is 1. The Balaban J connectivity index is 1.15. The number of unbranched alkanes of at least 4 members (excludes halogenated alkanes) is 12. The number of aliphatic hydroxyl groups is 1. The van der Waals surface area contributed by atoms with Gasteiger partial charge in [-0.05, 0) is 64.4 Å². The first-order valence-electron chi connectivity index (χ1n) is 19.6. The van der Waals surface area contributed by atoms with Crippen molar-refractivity contribution in [2.75, 3.05) is 11.1 Å². The van der Waals surface area contributed by atoms with Crippen LogP contribution in [0.5, 0.6) is 5.75 Å². The number of aliphatic hydroxyl groups excluding tert-OH is 1. The number of ether oxygens (including phenoxy) is 2. The number of nitrogens with zero attached hydrogens (tertiary/aromatic N) is 4. The number of phenols is 1. The summed E-state index contributed by atoms with van der Waals surface area (Å²) in [6.07, 6.45) is 15.9. The van der Waals surface area contributed by atoms with Crippen molar-refractivity contribution in [2.45, 2.75) is 134 Å². The van der Waals surface area contributed by atoms with Crippen molar-refractivity contribution in [3.05, 3.63) is 89.5 Å². The van der Waals surface area contributed by atoms with Gasteiger partial charge in [-0.2, -0.15) is 4.68 Å². The number of carbonyl (C=O) groups excluding carboxylic acids is 1. The fourth-order valence-electron chi connectivity index (χ4n) is 6.78. The Morgan fingerprint density at radius 3 is 2.15 bits per heavy atom. The van der Waals surface area contributed by atoms with Gasteiger partial charge in [0.05, 0.1) is 24.5 Å². The van der Waals surface area contributed by atoms with Crippen LogP contribution in [0.25, 0.3) is 5.69 Å². The molecule has 0 aliphatic carbocycles. The fraction of sp³-hybridized carbons (Fsp3) is 0.524. The minimum absolute atomic E-state index is 0.0202. The Morgan fingerprint density at radius 1 is 0.830 bits per heavy atom. The summed E-state index contributed by atoms with van der Waals surface area (Å²) >= 11 is 1.49. The number of hydrogen-bond donors (Lipinski definition) is 3. The van der Waals surface area contributed by atoms with Gasteiger partial charge < -0.3 is 25.0 Å². The molecule has 1 saturated heterocycles. The number of benzene rings is 3. The molecular formula is C42H57N5O5S. The number of amides is 1. The molecule has 286 valence electrons.